The van der Waals surface area contributed by atoms with Crippen LogP contribution in [0.4, 0.5) is 5.88 Å². The first-order chi connectivity index (χ1) is 16.3. The van der Waals surface area contributed by atoms with E-state index in [1.807, 2.05) is 19.9 Å². The van der Waals surface area contributed by atoms with E-state index in [4.69, 9.17) is 14.4 Å². The number of benzene rings is 1. The lowest BCUT2D eigenvalue weighted by atomic mass is 9.82. The predicted octanol–water partition coefficient (Wildman–Crippen LogP) is 5.79. The molecule has 2 aromatic rings. The highest BCUT2D eigenvalue weighted by Gasteiger charge is 2.35. The van der Waals surface area contributed by atoms with Gasteiger partial charge in [0.2, 0.25) is 11.8 Å². The van der Waals surface area contributed by atoms with Crippen LogP contribution in [0.5, 0.6) is 0 Å². The summed E-state index contributed by atoms with van der Waals surface area (Å²) < 4.78 is 11.4. The van der Waals surface area contributed by atoms with Gasteiger partial charge in [0.25, 0.3) is 0 Å². The summed E-state index contributed by atoms with van der Waals surface area (Å²) in [5, 5.41) is 8.75. The fourth-order valence-electron chi connectivity index (χ4n) is 4.34. The molecule has 1 aromatic carbocycles. The first-order valence-corrected chi connectivity index (χ1v) is 11.9. The largest absolute Gasteiger partial charge is 0.462 e. The number of carbonyl (C=O) groups is 3. The van der Waals surface area contributed by atoms with Crippen LogP contribution in [0.1, 0.15) is 80.5 Å². The number of ether oxygens (including phenoxy) is 1. The van der Waals surface area contributed by atoms with Gasteiger partial charge in [0.15, 0.2) is 5.78 Å². The van der Waals surface area contributed by atoms with Crippen molar-refractivity contribution in [3.05, 3.63) is 41.5 Å². The molecule has 1 saturated carbocycles. The second kappa shape index (κ2) is 11.1. The molecule has 0 atom stereocenters. The third-order valence-electron chi connectivity index (χ3n) is 6.28. The summed E-state index contributed by atoms with van der Waals surface area (Å²) in [6.07, 6.45) is 3.47. The summed E-state index contributed by atoms with van der Waals surface area (Å²) in [5.74, 6) is 0.247. The molecule has 0 saturated heterocycles. The number of ketones is 1. The molecule has 1 heterocycles. The Balaban J connectivity index is 1.99. The minimum Gasteiger partial charge on any atom is -0.462 e. The Morgan fingerprint density at radius 3 is 2.35 bits per heavy atom. The van der Waals surface area contributed by atoms with E-state index in [2.05, 4.69) is 6.92 Å². The number of hydrogen-bond donors (Lipinski definition) is 0. The molecule has 1 aromatic heterocycles. The lowest BCUT2D eigenvalue weighted by Crippen LogP contribution is -2.42. The molecule has 0 bridgehead atoms. The van der Waals surface area contributed by atoms with Gasteiger partial charge in [-0.3, -0.25) is 14.5 Å². The number of amides is 1. The fourth-order valence-corrected chi connectivity index (χ4v) is 4.34. The Hall–Kier alpha value is -3.40. The number of furan rings is 1. The van der Waals surface area contributed by atoms with Gasteiger partial charge < -0.3 is 9.15 Å². The number of hydrogen-bond acceptors (Lipinski definition) is 6. The summed E-state index contributed by atoms with van der Waals surface area (Å²) in [6.45, 7) is 7.93. The van der Waals surface area contributed by atoms with Crippen molar-refractivity contribution in [1.29, 1.82) is 5.26 Å². The van der Waals surface area contributed by atoms with Crippen molar-refractivity contribution in [3.8, 4) is 17.4 Å². The van der Waals surface area contributed by atoms with Crippen LogP contribution in [0.2, 0.25) is 0 Å². The fraction of sp³-hybridized carbons (Fsp3) is 0.481. The Bertz CT molecular complexity index is 1070. The van der Waals surface area contributed by atoms with Crippen molar-refractivity contribution >= 4 is 23.5 Å². The Kier molecular flexibility index (Phi) is 8.27. The van der Waals surface area contributed by atoms with Crippen LogP contribution in [0, 0.1) is 23.2 Å². The van der Waals surface area contributed by atoms with Crippen LogP contribution in [-0.2, 0) is 9.53 Å². The molecule has 0 N–H and O–H groups in total. The highest BCUT2D eigenvalue weighted by Crippen LogP contribution is 2.37. The van der Waals surface area contributed by atoms with Crippen LogP contribution in [0.25, 0.3) is 11.3 Å². The van der Waals surface area contributed by atoms with E-state index >= 15 is 0 Å². The molecular weight excluding hydrogens is 432 g/mol. The monoisotopic (exact) mass is 464 g/mol. The zero-order chi connectivity index (χ0) is 24.8. The van der Waals surface area contributed by atoms with E-state index < -0.39 is 5.97 Å². The number of esters is 1. The van der Waals surface area contributed by atoms with E-state index in [1.54, 1.807) is 42.2 Å². The van der Waals surface area contributed by atoms with Gasteiger partial charge in [-0.1, -0.05) is 31.2 Å². The van der Waals surface area contributed by atoms with Crippen molar-refractivity contribution in [2.24, 2.45) is 11.8 Å². The smallest absolute Gasteiger partial charge is 0.343 e. The summed E-state index contributed by atoms with van der Waals surface area (Å²) in [7, 11) is 0. The van der Waals surface area contributed by atoms with Crippen molar-refractivity contribution < 1.29 is 23.5 Å². The van der Waals surface area contributed by atoms with Gasteiger partial charge >= 0.3 is 5.97 Å². The Morgan fingerprint density at radius 1 is 1.15 bits per heavy atom. The molecule has 1 aliphatic carbocycles. The zero-order valence-corrected chi connectivity index (χ0v) is 20.3. The predicted molar refractivity (Wildman–Crippen MR) is 128 cm³/mol. The van der Waals surface area contributed by atoms with E-state index in [0.717, 1.165) is 25.7 Å². The van der Waals surface area contributed by atoms with E-state index in [1.165, 1.54) is 0 Å². The first-order valence-electron chi connectivity index (χ1n) is 11.9. The second-order valence-corrected chi connectivity index (χ2v) is 9.14. The highest BCUT2D eigenvalue weighted by molar-refractivity contribution is 6.03. The van der Waals surface area contributed by atoms with Crippen LogP contribution < -0.4 is 4.90 Å². The molecule has 1 aliphatic rings. The maximum absolute atomic E-state index is 13.6. The molecule has 0 spiro atoms. The third kappa shape index (κ3) is 5.56. The third-order valence-corrected chi connectivity index (χ3v) is 6.28. The lowest BCUT2D eigenvalue weighted by Gasteiger charge is -2.32. The van der Waals surface area contributed by atoms with Gasteiger partial charge in [-0.15, -0.1) is 0 Å². The topological polar surface area (TPSA) is 101 Å². The SMILES string of the molecule is CCOC(=O)c1cc(-c2ccc(C(=O)CC#N)cc2)oc1N(C(=O)[C@H]1CC[C@H](C)CC1)C(C)C. The summed E-state index contributed by atoms with van der Waals surface area (Å²) >= 11 is 0. The van der Waals surface area contributed by atoms with Gasteiger partial charge in [0.1, 0.15) is 11.3 Å². The molecule has 3 rings (SSSR count). The minimum absolute atomic E-state index is 0.0363. The van der Waals surface area contributed by atoms with Gasteiger partial charge in [0, 0.05) is 29.2 Å². The molecule has 7 nitrogen and oxygen atoms in total. The molecule has 7 heteroatoms. The maximum atomic E-state index is 13.6. The van der Waals surface area contributed by atoms with E-state index in [0.29, 0.717) is 22.8 Å². The minimum atomic E-state index is -0.552. The molecule has 34 heavy (non-hydrogen) atoms. The molecule has 0 unspecified atom stereocenters. The number of anilines is 1. The molecule has 1 fully saturated rings. The molecule has 0 radical (unpaired) electrons. The number of nitrogens with zero attached hydrogens (tertiary/aromatic N) is 2. The van der Waals surface area contributed by atoms with Crippen LogP contribution in [0.3, 0.4) is 0 Å². The quantitative estimate of drug-likeness (QED) is 0.362. The number of rotatable bonds is 8. The average Bonchev–Trinajstić information content (AvgIpc) is 3.24. The van der Waals surface area contributed by atoms with Crippen molar-refractivity contribution in [2.75, 3.05) is 11.5 Å². The lowest BCUT2D eigenvalue weighted by molar-refractivity contribution is -0.124. The van der Waals surface area contributed by atoms with Crippen LogP contribution in [0.15, 0.2) is 34.7 Å². The average molecular weight is 465 g/mol. The molecular formula is C27H32N2O5. The van der Waals surface area contributed by atoms with Crippen molar-refractivity contribution in [1.82, 2.24) is 0 Å². The first kappa shape index (κ1) is 25.2. The highest BCUT2D eigenvalue weighted by atomic mass is 16.5. The van der Waals surface area contributed by atoms with Crippen LogP contribution >= 0.6 is 0 Å². The second-order valence-electron chi connectivity index (χ2n) is 9.14. The Labute approximate surface area is 200 Å². The van der Waals surface area contributed by atoms with Gasteiger partial charge in [-0.25, -0.2) is 4.79 Å². The van der Waals surface area contributed by atoms with Crippen molar-refractivity contribution in [2.45, 2.75) is 65.8 Å². The Morgan fingerprint density at radius 2 is 1.79 bits per heavy atom. The summed E-state index contributed by atoms with van der Waals surface area (Å²) in [4.78, 5) is 39.9. The van der Waals surface area contributed by atoms with Gasteiger partial charge in [0.05, 0.1) is 19.1 Å². The standard InChI is InChI=1S/C27H32N2O5/c1-5-33-27(32)22-16-24(20-12-10-19(11-13-20)23(30)14-15-28)34-26(22)29(17(2)3)25(31)21-8-6-18(4)7-9-21/h10-13,16-18,21H,5-9,14H2,1-4H3/t18-,21-. The van der Waals surface area contributed by atoms with Crippen molar-refractivity contribution in [3.63, 3.8) is 0 Å². The number of carbonyl (C=O) groups excluding carboxylic acids is 3. The summed E-state index contributed by atoms with van der Waals surface area (Å²) in [5.41, 5.74) is 1.27. The molecule has 1 amide bonds. The summed E-state index contributed by atoms with van der Waals surface area (Å²) in [6, 6.07) is 9.87. The molecule has 180 valence electrons. The van der Waals surface area contributed by atoms with E-state index in [9.17, 15) is 14.4 Å². The molecule has 0 aliphatic heterocycles. The normalized spacial score (nSPS) is 17.8. The van der Waals surface area contributed by atoms with Crippen LogP contribution in [-0.4, -0.2) is 30.3 Å². The van der Waals surface area contributed by atoms with E-state index in [-0.39, 0.29) is 48.1 Å². The number of nitriles is 1. The zero-order valence-electron chi connectivity index (χ0n) is 20.3. The van der Waals surface area contributed by atoms with Gasteiger partial charge in [-0.2, -0.15) is 5.26 Å². The maximum Gasteiger partial charge on any atom is 0.343 e. The van der Waals surface area contributed by atoms with Gasteiger partial charge in [-0.05, 0) is 52.4 Å². The number of Topliss-reactive ketones (excluding diaryl/α,β-unsaturated/α-hetero) is 1.